The monoisotopic (exact) mass is 293 g/mol. The first-order chi connectivity index (χ1) is 9.66. The van der Waals surface area contributed by atoms with Crippen molar-refractivity contribution in [2.24, 2.45) is 0 Å². The summed E-state index contributed by atoms with van der Waals surface area (Å²) in [5.41, 5.74) is 7.10. The second-order valence-corrected chi connectivity index (χ2v) is 5.39. The summed E-state index contributed by atoms with van der Waals surface area (Å²) in [5.74, 6) is 0.637. The van der Waals surface area contributed by atoms with E-state index < -0.39 is 0 Å². The number of ether oxygens (including phenoxy) is 1. The molecule has 1 aliphatic rings. The van der Waals surface area contributed by atoms with E-state index in [4.69, 9.17) is 22.1 Å². The van der Waals surface area contributed by atoms with Crippen LogP contribution in [0.5, 0.6) is 0 Å². The number of aromatic nitrogens is 4. The number of hydrogen-bond donors (Lipinski definition) is 1. The highest BCUT2D eigenvalue weighted by Crippen LogP contribution is 2.31. The average Bonchev–Trinajstić information content (AvgIpc) is 3.09. The van der Waals surface area contributed by atoms with Crippen LogP contribution in [0, 0.1) is 0 Å². The topological polar surface area (TPSA) is 78.8 Å². The van der Waals surface area contributed by atoms with Crippen molar-refractivity contribution >= 4 is 17.3 Å². The van der Waals surface area contributed by atoms with Crippen LogP contribution in [0.2, 0.25) is 5.02 Å². The fourth-order valence-electron chi connectivity index (χ4n) is 2.50. The van der Waals surface area contributed by atoms with Gasteiger partial charge in [-0.25, -0.2) is 4.68 Å². The van der Waals surface area contributed by atoms with Crippen molar-refractivity contribution in [3.05, 3.63) is 23.2 Å². The molecule has 2 unspecified atom stereocenters. The van der Waals surface area contributed by atoms with Crippen molar-refractivity contribution in [3.8, 4) is 11.4 Å². The third-order valence-electron chi connectivity index (χ3n) is 3.62. The Labute approximate surface area is 121 Å². The van der Waals surface area contributed by atoms with Crippen LogP contribution in [-0.4, -0.2) is 32.9 Å². The molecule has 0 amide bonds. The van der Waals surface area contributed by atoms with Crippen molar-refractivity contribution in [2.45, 2.75) is 31.9 Å². The summed E-state index contributed by atoms with van der Waals surface area (Å²) < 4.78 is 7.48. The van der Waals surface area contributed by atoms with Crippen LogP contribution >= 0.6 is 11.6 Å². The molecule has 1 fully saturated rings. The highest BCUT2D eigenvalue weighted by molar-refractivity contribution is 6.33. The fraction of sp³-hybridized carbons (Fsp3) is 0.462. The van der Waals surface area contributed by atoms with Gasteiger partial charge in [0.15, 0.2) is 5.82 Å². The zero-order chi connectivity index (χ0) is 14.1. The molecule has 106 valence electrons. The van der Waals surface area contributed by atoms with Crippen LogP contribution in [0.3, 0.4) is 0 Å². The molecule has 2 heterocycles. The van der Waals surface area contributed by atoms with Gasteiger partial charge in [-0.2, -0.15) is 0 Å². The third kappa shape index (κ3) is 2.36. The fourth-order valence-corrected chi connectivity index (χ4v) is 2.77. The Hall–Kier alpha value is -1.66. The zero-order valence-corrected chi connectivity index (χ0v) is 11.9. The van der Waals surface area contributed by atoms with Crippen LogP contribution in [-0.2, 0) is 4.74 Å². The van der Waals surface area contributed by atoms with E-state index in [-0.39, 0.29) is 12.1 Å². The molecule has 0 aliphatic carbocycles. The summed E-state index contributed by atoms with van der Waals surface area (Å²) in [6, 6.07) is 5.39. The van der Waals surface area contributed by atoms with Crippen LogP contribution in [0.4, 0.5) is 5.69 Å². The van der Waals surface area contributed by atoms with E-state index >= 15 is 0 Å². The van der Waals surface area contributed by atoms with Crippen molar-refractivity contribution in [3.63, 3.8) is 0 Å². The Morgan fingerprint density at radius 3 is 3.05 bits per heavy atom. The van der Waals surface area contributed by atoms with Crippen LogP contribution in [0.15, 0.2) is 18.2 Å². The molecular formula is C13H16ClN5O. The van der Waals surface area contributed by atoms with E-state index in [1.807, 2.05) is 6.07 Å². The molecule has 1 aliphatic heterocycles. The van der Waals surface area contributed by atoms with Crippen molar-refractivity contribution in [2.75, 3.05) is 12.3 Å². The Bertz CT molecular complexity index is 609. The van der Waals surface area contributed by atoms with E-state index in [1.54, 1.807) is 16.8 Å². The van der Waals surface area contributed by atoms with Gasteiger partial charge in [0, 0.05) is 17.9 Å². The van der Waals surface area contributed by atoms with Gasteiger partial charge < -0.3 is 10.5 Å². The molecule has 0 radical (unpaired) electrons. The molecule has 3 rings (SSSR count). The first-order valence-electron chi connectivity index (χ1n) is 6.61. The van der Waals surface area contributed by atoms with Gasteiger partial charge >= 0.3 is 0 Å². The number of rotatable bonds is 3. The average molecular weight is 294 g/mol. The maximum absolute atomic E-state index is 6.24. The number of nitrogens with zero attached hydrogens (tertiary/aromatic N) is 4. The lowest BCUT2D eigenvalue weighted by Crippen LogP contribution is -2.22. The molecule has 1 aromatic heterocycles. The maximum atomic E-state index is 6.24. The van der Waals surface area contributed by atoms with Gasteiger partial charge in [-0.05, 0) is 48.4 Å². The lowest BCUT2D eigenvalue weighted by molar-refractivity contribution is 0.0690. The van der Waals surface area contributed by atoms with Gasteiger partial charge in [-0.1, -0.05) is 11.6 Å². The van der Waals surface area contributed by atoms with Gasteiger partial charge in [-0.15, -0.1) is 5.10 Å². The Balaban J connectivity index is 1.97. The Kier molecular flexibility index (Phi) is 3.58. The molecule has 1 saturated heterocycles. The van der Waals surface area contributed by atoms with E-state index in [1.165, 1.54) is 0 Å². The molecule has 2 atom stereocenters. The molecular weight excluding hydrogens is 278 g/mol. The van der Waals surface area contributed by atoms with Gasteiger partial charge in [0.25, 0.3) is 0 Å². The first kappa shape index (κ1) is 13.3. The first-order valence-corrected chi connectivity index (χ1v) is 6.99. The lowest BCUT2D eigenvalue weighted by atomic mass is 10.1. The molecule has 2 N–H and O–H groups in total. The lowest BCUT2D eigenvalue weighted by Gasteiger charge is -2.19. The molecule has 6 nitrogen and oxygen atoms in total. The highest BCUT2D eigenvalue weighted by Gasteiger charge is 2.27. The summed E-state index contributed by atoms with van der Waals surface area (Å²) >= 11 is 6.24. The number of nitrogens with two attached hydrogens (primary N) is 1. The minimum atomic E-state index is 0.0659. The largest absolute Gasteiger partial charge is 0.399 e. The molecule has 2 aromatic rings. The van der Waals surface area contributed by atoms with Gasteiger partial charge in [0.2, 0.25) is 0 Å². The Morgan fingerprint density at radius 2 is 2.35 bits per heavy atom. The summed E-state index contributed by atoms with van der Waals surface area (Å²) in [7, 11) is 0. The van der Waals surface area contributed by atoms with Gasteiger partial charge in [0.05, 0.1) is 17.2 Å². The quantitative estimate of drug-likeness (QED) is 0.879. The van der Waals surface area contributed by atoms with Crippen molar-refractivity contribution < 1.29 is 4.74 Å². The van der Waals surface area contributed by atoms with E-state index in [0.29, 0.717) is 16.5 Å². The van der Waals surface area contributed by atoms with Crippen LogP contribution in [0.25, 0.3) is 11.4 Å². The van der Waals surface area contributed by atoms with Crippen molar-refractivity contribution in [1.29, 1.82) is 0 Å². The number of nitrogen functional groups attached to an aromatic ring is 1. The molecule has 1 aromatic carbocycles. The number of hydrogen-bond acceptors (Lipinski definition) is 5. The molecule has 20 heavy (non-hydrogen) atoms. The summed E-state index contributed by atoms with van der Waals surface area (Å²) in [5, 5.41) is 12.5. The highest BCUT2D eigenvalue weighted by atomic mass is 35.5. The second kappa shape index (κ2) is 5.38. The summed E-state index contributed by atoms with van der Waals surface area (Å²) in [6.07, 6.45) is 2.25. The minimum Gasteiger partial charge on any atom is -0.399 e. The van der Waals surface area contributed by atoms with Crippen LogP contribution < -0.4 is 5.73 Å². The van der Waals surface area contributed by atoms with Crippen LogP contribution in [0.1, 0.15) is 25.8 Å². The number of anilines is 1. The number of benzene rings is 1. The van der Waals surface area contributed by atoms with E-state index in [9.17, 15) is 0 Å². The van der Waals surface area contributed by atoms with E-state index in [0.717, 1.165) is 25.0 Å². The number of halogens is 1. The van der Waals surface area contributed by atoms with E-state index in [2.05, 4.69) is 22.4 Å². The molecule has 7 heteroatoms. The number of tetrazole rings is 1. The SMILES string of the molecule is CC(C1CCCO1)n1nnnc1-c1ccc(N)cc1Cl. The standard InChI is InChI=1S/C13H16ClN5O/c1-8(12-3-2-6-20-12)19-13(16-17-18-19)10-5-4-9(15)7-11(10)14/h4-5,7-8,12H,2-3,6,15H2,1H3. The summed E-state index contributed by atoms with van der Waals surface area (Å²) in [6.45, 7) is 2.86. The third-order valence-corrected chi connectivity index (χ3v) is 3.93. The predicted molar refractivity (Wildman–Crippen MR) is 76.4 cm³/mol. The Morgan fingerprint density at radius 1 is 1.50 bits per heavy atom. The second-order valence-electron chi connectivity index (χ2n) is 4.98. The van der Waals surface area contributed by atoms with Gasteiger partial charge in [-0.3, -0.25) is 0 Å². The molecule has 0 saturated carbocycles. The maximum Gasteiger partial charge on any atom is 0.183 e. The minimum absolute atomic E-state index is 0.0659. The molecule has 0 bridgehead atoms. The smallest absolute Gasteiger partial charge is 0.183 e. The predicted octanol–water partition coefficient (Wildman–Crippen LogP) is 2.32. The zero-order valence-electron chi connectivity index (χ0n) is 11.2. The van der Waals surface area contributed by atoms with Crippen molar-refractivity contribution in [1.82, 2.24) is 20.2 Å². The summed E-state index contributed by atoms with van der Waals surface area (Å²) in [4.78, 5) is 0. The van der Waals surface area contributed by atoms with Gasteiger partial charge in [0.1, 0.15) is 0 Å². The normalized spacial score (nSPS) is 20.2. The molecule has 0 spiro atoms.